The summed E-state index contributed by atoms with van der Waals surface area (Å²) in [6.45, 7) is -1.01. The second-order valence-electron chi connectivity index (χ2n) is 5.70. The van der Waals surface area contributed by atoms with Crippen molar-refractivity contribution < 1.29 is 37.7 Å². The standard InChI is InChI=1S/C14H18F3N3O7/c15-14(16,17)12(24)18-3-1-5-26-10-7(6-21)27-11(9(10)23)20-4-2-8(22)19-13(20)25/h2,4,7,9-11,21,23H,1,3,5-6H2,(H,18,24)(H,19,22,25)/t7-,9?,10?,11-/m0/s1. The van der Waals surface area contributed by atoms with Crippen LogP contribution in [0.1, 0.15) is 12.6 Å². The molecule has 0 bridgehead atoms. The van der Waals surface area contributed by atoms with Crippen LogP contribution < -0.4 is 16.6 Å². The molecule has 0 radical (unpaired) electrons. The highest BCUT2D eigenvalue weighted by molar-refractivity contribution is 5.81. The molecule has 1 aromatic rings. The van der Waals surface area contributed by atoms with Crippen LogP contribution in [0.5, 0.6) is 0 Å². The lowest BCUT2D eigenvalue weighted by atomic mass is 10.1. The van der Waals surface area contributed by atoms with Crippen molar-refractivity contribution in [3.8, 4) is 0 Å². The summed E-state index contributed by atoms with van der Waals surface area (Å²) in [4.78, 5) is 35.6. The zero-order valence-corrected chi connectivity index (χ0v) is 13.8. The summed E-state index contributed by atoms with van der Waals surface area (Å²) in [7, 11) is 0. The third kappa shape index (κ3) is 5.15. The van der Waals surface area contributed by atoms with Gasteiger partial charge in [-0.15, -0.1) is 0 Å². The van der Waals surface area contributed by atoms with Gasteiger partial charge in [-0.25, -0.2) is 4.79 Å². The molecule has 1 aromatic heterocycles. The molecule has 10 nitrogen and oxygen atoms in total. The number of hydrogen-bond acceptors (Lipinski definition) is 7. The Morgan fingerprint density at radius 2 is 2.11 bits per heavy atom. The molecule has 13 heteroatoms. The van der Waals surface area contributed by atoms with E-state index in [2.05, 4.69) is 0 Å². The van der Waals surface area contributed by atoms with Crippen molar-refractivity contribution in [2.45, 2.75) is 37.1 Å². The topological polar surface area (TPSA) is 143 Å². The number of nitrogens with one attached hydrogen (secondary N) is 2. The number of halogens is 3. The number of aromatic nitrogens is 2. The molecule has 1 saturated heterocycles. The zero-order valence-electron chi connectivity index (χ0n) is 13.8. The van der Waals surface area contributed by atoms with Crippen LogP contribution in [0.2, 0.25) is 0 Å². The highest BCUT2D eigenvalue weighted by atomic mass is 19.4. The number of carbonyl (C=O) groups is 1. The molecule has 2 rings (SSSR count). The monoisotopic (exact) mass is 397 g/mol. The van der Waals surface area contributed by atoms with Gasteiger partial charge in [-0.05, 0) is 6.42 Å². The van der Waals surface area contributed by atoms with Gasteiger partial charge in [0.2, 0.25) is 0 Å². The molecule has 2 heterocycles. The van der Waals surface area contributed by atoms with Crippen molar-refractivity contribution in [3.05, 3.63) is 33.1 Å². The quantitative estimate of drug-likeness (QED) is 0.399. The normalized spacial score (nSPS) is 25.5. The lowest BCUT2D eigenvalue weighted by Crippen LogP contribution is -2.40. The molecule has 1 aliphatic rings. The number of aliphatic hydroxyl groups excluding tert-OH is 2. The first-order valence-corrected chi connectivity index (χ1v) is 7.87. The van der Waals surface area contributed by atoms with E-state index in [9.17, 15) is 37.8 Å². The Hall–Kier alpha value is -2.22. The summed E-state index contributed by atoms with van der Waals surface area (Å²) < 4.78 is 47.8. The number of carbonyl (C=O) groups excluding carboxylic acids is 1. The van der Waals surface area contributed by atoms with Gasteiger partial charge in [0.05, 0.1) is 6.61 Å². The predicted molar refractivity (Wildman–Crippen MR) is 81.7 cm³/mol. The van der Waals surface area contributed by atoms with Crippen LogP contribution >= 0.6 is 0 Å². The molecular weight excluding hydrogens is 379 g/mol. The molecule has 0 saturated carbocycles. The van der Waals surface area contributed by atoms with Crippen LogP contribution in [-0.4, -0.2) is 69.9 Å². The number of alkyl halides is 3. The Balaban J connectivity index is 1.92. The molecule has 1 fully saturated rings. The average Bonchev–Trinajstić information content (AvgIpc) is 2.89. The number of amides is 1. The van der Waals surface area contributed by atoms with Crippen molar-refractivity contribution in [1.82, 2.24) is 14.9 Å². The first kappa shape index (κ1) is 21.1. The Morgan fingerprint density at radius 1 is 1.41 bits per heavy atom. The van der Waals surface area contributed by atoms with E-state index in [1.54, 1.807) is 5.32 Å². The lowest BCUT2D eigenvalue weighted by Gasteiger charge is -2.20. The average molecular weight is 397 g/mol. The van der Waals surface area contributed by atoms with Gasteiger partial charge in [-0.2, -0.15) is 13.2 Å². The van der Waals surface area contributed by atoms with Crippen molar-refractivity contribution >= 4 is 5.91 Å². The second kappa shape index (κ2) is 8.65. The fourth-order valence-corrected chi connectivity index (χ4v) is 2.52. The summed E-state index contributed by atoms with van der Waals surface area (Å²) in [6.07, 6.45) is -8.57. The maximum absolute atomic E-state index is 12.0. The van der Waals surface area contributed by atoms with Crippen molar-refractivity contribution in [2.24, 2.45) is 0 Å². The second-order valence-corrected chi connectivity index (χ2v) is 5.70. The van der Waals surface area contributed by atoms with Crippen LogP contribution in [-0.2, 0) is 14.3 Å². The van der Waals surface area contributed by atoms with Crippen LogP contribution in [0.3, 0.4) is 0 Å². The van der Waals surface area contributed by atoms with Gasteiger partial charge in [0, 0.05) is 25.4 Å². The van der Waals surface area contributed by atoms with E-state index in [0.29, 0.717) is 0 Å². The first-order chi connectivity index (χ1) is 12.6. The molecule has 1 aliphatic heterocycles. The number of hydrogen-bond donors (Lipinski definition) is 4. The molecule has 1 amide bonds. The van der Waals surface area contributed by atoms with E-state index in [-0.39, 0.29) is 19.6 Å². The van der Waals surface area contributed by atoms with Gasteiger partial charge < -0.3 is 25.0 Å². The smallest absolute Gasteiger partial charge is 0.394 e. The number of aromatic amines is 1. The van der Waals surface area contributed by atoms with E-state index >= 15 is 0 Å². The molecule has 4 atom stereocenters. The minimum atomic E-state index is -4.98. The Kier molecular flexibility index (Phi) is 6.75. The molecule has 27 heavy (non-hydrogen) atoms. The van der Waals surface area contributed by atoms with Crippen LogP contribution in [0, 0.1) is 0 Å². The number of nitrogens with zero attached hydrogens (tertiary/aromatic N) is 1. The van der Waals surface area contributed by atoms with Gasteiger partial charge >= 0.3 is 17.8 Å². The van der Waals surface area contributed by atoms with Crippen molar-refractivity contribution in [3.63, 3.8) is 0 Å². The van der Waals surface area contributed by atoms with Crippen LogP contribution in [0.15, 0.2) is 21.9 Å². The molecule has 0 spiro atoms. The van der Waals surface area contributed by atoms with Gasteiger partial charge in [0.15, 0.2) is 6.23 Å². The minimum Gasteiger partial charge on any atom is -0.394 e. The maximum atomic E-state index is 12.0. The lowest BCUT2D eigenvalue weighted by molar-refractivity contribution is -0.173. The number of ether oxygens (including phenoxy) is 2. The molecule has 0 aromatic carbocycles. The van der Waals surface area contributed by atoms with Gasteiger partial charge in [-0.1, -0.05) is 0 Å². The largest absolute Gasteiger partial charge is 0.471 e. The summed E-state index contributed by atoms with van der Waals surface area (Å²) in [5, 5.41) is 21.3. The summed E-state index contributed by atoms with van der Waals surface area (Å²) in [5.41, 5.74) is -1.48. The highest BCUT2D eigenvalue weighted by Crippen LogP contribution is 2.30. The zero-order chi connectivity index (χ0) is 20.2. The third-order valence-corrected chi connectivity index (χ3v) is 3.79. The van der Waals surface area contributed by atoms with E-state index in [4.69, 9.17) is 9.47 Å². The third-order valence-electron chi connectivity index (χ3n) is 3.79. The van der Waals surface area contributed by atoms with E-state index < -0.39 is 54.5 Å². The predicted octanol–water partition coefficient (Wildman–Crippen LogP) is -1.76. The summed E-state index contributed by atoms with van der Waals surface area (Å²) in [5.74, 6) is -2.07. The van der Waals surface area contributed by atoms with Gasteiger partial charge in [-0.3, -0.25) is 19.1 Å². The number of rotatable bonds is 7. The van der Waals surface area contributed by atoms with Gasteiger partial charge in [0.1, 0.15) is 18.3 Å². The minimum absolute atomic E-state index is 0.00641. The van der Waals surface area contributed by atoms with Gasteiger partial charge in [0.25, 0.3) is 5.56 Å². The fraction of sp³-hybridized carbons (Fsp3) is 0.643. The Labute approximate surface area is 149 Å². The number of aliphatic hydroxyl groups is 2. The van der Waals surface area contributed by atoms with Crippen molar-refractivity contribution in [2.75, 3.05) is 19.8 Å². The molecular formula is C14H18F3N3O7. The fourth-order valence-electron chi connectivity index (χ4n) is 2.52. The van der Waals surface area contributed by atoms with E-state index in [1.807, 2.05) is 4.98 Å². The van der Waals surface area contributed by atoms with E-state index in [1.165, 1.54) is 0 Å². The summed E-state index contributed by atoms with van der Waals surface area (Å²) >= 11 is 0. The summed E-state index contributed by atoms with van der Waals surface area (Å²) in [6, 6.07) is 1.04. The maximum Gasteiger partial charge on any atom is 0.471 e. The Morgan fingerprint density at radius 3 is 2.70 bits per heavy atom. The number of H-pyrrole nitrogens is 1. The molecule has 4 N–H and O–H groups in total. The molecule has 152 valence electrons. The van der Waals surface area contributed by atoms with Crippen molar-refractivity contribution in [1.29, 1.82) is 0 Å². The Bertz CT molecular complexity index is 763. The van der Waals surface area contributed by atoms with E-state index in [0.717, 1.165) is 16.8 Å². The SMILES string of the molecule is O=C(NCCCOC1C(O)[C@@H](n2ccc(=O)[nH]c2=O)O[C@H]1CO)C(F)(F)F. The van der Waals surface area contributed by atoms with Crippen LogP contribution in [0.25, 0.3) is 0 Å². The molecule has 2 unspecified atom stereocenters. The first-order valence-electron chi connectivity index (χ1n) is 7.87. The molecule has 0 aliphatic carbocycles. The van der Waals surface area contributed by atoms with Crippen LogP contribution in [0.4, 0.5) is 13.2 Å². The highest BCUT2D eigenvalue weighted by Gasteiger charge is 2.45.